The minimum Gasteiger partial charge on any atom is -0.484 e. The van der Waals surface area contributed by atoms with E-state index in [2.05, 4.69) is 0 Å². The third-order valence-corrected chi connectivity index (χ3v) is 6.41. The van der Waals surface area contributed by atoms with E-state index in [0.29, 0.717) is 16.8 Å². The molecule has 0 spiro atoms. The van der Waals surface area contributed by atoms with Gasteiger partial charge in [-0.3, -0.25) is 4.79 Å². The summed E-state index contributed by atoms with van der Waals surface area (Å²) in [5, 5.41) is 0.487. The number of nitrogens with zero attached hydrogens (tertiary/aromatic N) is 2. The summed E-state index contributed by atoms with van der Waals surface area (Å²) in [7, 11) is -3.97. The first kappa shape index (κ1) is 20.5. The lowest BCUT2D eigenvalue weighted by molar-refractivity contribution is -0.134. The van der Waals surface area contributed by atoms with E-state index in [1.165, 1.54) is 4.90 Å². The number of carbonyl (C=O) groups excluding carboxylic acids is 1. The van der Waals surface area contributed by atoms with Gasteiger partial charge >= 0.3 is 0 Å². The van der Waals surface area contributed by atoms with Gasteiger partial charge in [0.1, 0.15) is 5.75 Å². The van der Waals surface area contributed by atoms with E-state index in [4.69, 9.17) is 16.3 Å². The molecule has 0 N–H and O–H groups in total. The number of carbonyl (C=O) groups is 1. The van der Waals surface area contributed by atoms with Gasteiger partial charge in [-0.15, -0.1) is 0 Å². The van der Waals surface area contributed by atoms with Crippen molar-refractivity contribution < 1.29 is 26.7 Å². The number of benzene rings is 2. The van der Waals surface area contributed by atoms with Gasteiger partial charge in [-0.05, 0) is 36.4 Å². The summed E-state index contributed by atoms with van der Waals surface area (Å²) in [5.74, 6) is -2.17. The van der Waals surface area contributed by atoms with Gasteiger partial charge in [0, 0.05) is 31.2 Å². The monoisotopic (exact) mass is 430 g/mol. The van der Waals surface area contributed by atoms with E-state index in [-0.39, 0.29) is 43.6 Å². The highest BCUT2D eigenvalue weighted by atomic mass is 35.5. The summed E-state index contributed by atoms with van der Waals surface area (Å²) in [4.78, 5) is 13.4. The van der Waals surface area contributed by atoms with Crippen LogP contribution in [0.3, 0.4) is 0 Å². The van der Waals surface area contributed by atoms with Gasteiger partial charge in [-0.1, -0.05) is 17.7 Å². The molecule has 1 heterocycles. The summed E-state index contributed by atoms with van der Waals surface area (Å²) < 4.78 is 58.1. The molecule has 28 heavy (non-hydrogen) atoms. The zero-order valence-electron chi connectivity index (χ0n) is 14.6. The van der Waals surface area contributed by atoms with Crippen molar-refractivity contribution in [2.75, 3.05) is 32.8 Å². The zero-order chi connectivity index (χ0) is 20.3. The Labute approximate surface area is 166 Å². The van der Waals surface area contributed by atoms with Crippen LogP contribution in [-0.4, -0.2) is 56.3 Å². The predicted octanol–water partition coefficient (Wildman–Crippen LogP) is 2.53. The topological polar surface area (TPSA) is 66.9 Å². The standard InChI is InChI=1S/C18H17ClF2N2O4S/c19-13-2-1-3-14(10-13)27-12-18(24)22-6-8-23(9-7-22)28(25,26)15-4-5-16(20)17(21)11-15/h1-5,10-11H,6-9,12H2. The van der Waals surface area contributed by atoms with Crippen molar-refractivity contribution in [3.8, 4) is 5.75 Å². The molecule has 1 aliphatic rings. The first-order valence-corrected chi connectivity index (χ1v) is 10.2. The number of amides is 1. The second kappa shape index (κ2) is 8.42. The molecule has 2 aromatic rings. The quantitative estimate of drug-likeness (QED) is 0.731. The van der Waals surface area contributed by atoms with Crippen LogP contribution in [0.2, 0.25) is 5.02 Å². The van der Waals surface area contributed by atoms with Crippen LogP contribution in [0.5, 0.6) is 5.75 Å². The fourth-order valence-corrected chi connectivity index (χ4v) is 4.37. The molecule has 6 nitrogen and oxygen atoms in total. The van der Waals surface area contributed by atoms with Crippen LogP contribution in [0, 0.1) is 11.6 Å². The average molecular weight is 431 g/mol. The van der Waals surface area contributed by atoms with Crippen molar-refractivity contribution in [3.05, 3.63) is 59.1 Å². The Balaban J connectivity index is 1.57. The summed E-state index contributed by atoms with van der Waals surface area (Å²) in [6.45, 7) is 0.228. The molecule has 1 aliphatic heterocycles. The highest BCUT2D eigenvalue weighted by Gasteiger charge is 2.30. The van der Waals surface area contributed by atoms with Gasteiger partial charge < -0.3 is 9.64 Å². The number of rotatable bonds is 5. The third-order valence-electron chi connectivity index (χ3n) is 4.28. The highest BCUT2D eigenvalue weighted by molar-refractivity contribution is 7.89. The number of hydrogen-bond donors (Lipinski definition) is 0. The molecular weight excluding hydrogens is 414 g/mol. The van der Waals surface area contributed by atoms with Crippen molar-refractivity contribution in [1.29, 1.82) is 0 Å². The number of sulfonamides is 1. The molecule has 0 radical (unpaired) electrons. The van der Waals surface area contributed by atoms with E-state index in [9.17, 15) is 22.0 Å². The minimum atomic E-state index is -3.97. The zero-order valence-corrected chi connectivity index (χ0v) is 16.2. The maximum Gasteiger partial charge on any atom is 0.260 e. The SMILES string of the molecule is O=C(COc1cccc(Cl)c1)N1CCN(S(=O)(=O)c2ccc(F)c(F)c2)CC1. The van der Waals surface area contributed by atoms with E-state index >= 15 is 0 Å². The molecule has 0 saturated carbocycles. The minimum absolute atomic E-state index is 0.0459. The molecule has 3 rings (SSSR count). The Kier molecular flexibility index (Phi) is 6.17. The number of hydrogen-bond acceptors (Lipinski definition) is 4. The summed E-state index contributed by atoms with van der Waals surface area (Å²) in [6.07, 6.45) is 0. The van der Waals surface area contributed by atoms with Crippen molar-refractivity contribution in [2.24, 2.45) is 0 Å². The van der Waals surface area contributed by atoms with E-state index in [0.717, 1.165) is 16.4 Å². The second-order valence-electron chi connectivity index (χ2n) is 6.11. The van der Waals surface area contributed by atoms with Crippen molar-refractivity contribution in [1.82, 2.24) is 9.21 Å². The van der Waals surface area contributed by atoms with Gasteiger partial charge in [0.2, 0.25) is 10.0 Å². The number of piperazine rings is 1. The largest absolute Gasteiger partial charge is 0.484 e. The third kappa shape index (κ3) is 4.60. The Morgan fingerprint density at radius 2 is 1.75 bits per heavy atom. The summed E-state index contributed by atoms with van der Waals surface area (Å²) in [6, 6.07) is 9.08. The molecule has 150 valence electrons. The molecule has 10 heteroatoms. The normalized spacial score (nSPS) is 15.5. The molecule has 2 aromatic carbocycles. The van der Waals surface area contributed by atoms with Gasteiger partial charge in [0.05, 0.1) is 4.90 Å². The second-order valence-corrected chi connectivity index (χ2v) is 8.48. The molecule has 0 aromatic heterocycles. The molecule has 0 bridgehead atoms. The van der Waals surface area contributed by atoms with Crippen LogP contribution < -0.4 is 4.74 Å². The van der Waals surface area contributed by atoms with Crippen LogP contribution in [0.4, 0.5) is 8.78 Å². The smallest absolute Gasteiger partial charge is 0.260 e. The fourth-order valence-electron chi connectivity index (χ4n) is 2.76. The number of ether oxygens (including phenoxy) is 1. The first-order valence-electron chi connectivity index (χ1n) is 8.39. The molecule has 0 atom stereocenters. The summed E-state index contributed by atoms with van der Waals surface area (Å²) >= 11 is 5.85. The molecule has 0 aliphatic carbocycles. The van der Waals surface area contributed by atoms with Gasteiger partial charge in [-0.25, -0.2) is 17.2 Å². The van der Waals surface area contributed by atoms with Gasteiger partial charge in [0.25, 0.3) is 5.91 Å². The number of halogens is 3. The fraction of sp³-hybridized carbons (Fsp3) is 0.278. The Morgan fingerprint density at radius 3 is 2.39 bits per heavy atom. The van der Waals surface area contributed by atoms with E-state index < -0.39 is 21.7 Å². The molecule has 1 saturated heterocycles. The molecular formula is C18H17ClF2N2O4S. The Hall–Kier alpha value is -2.23. The molecule has 0 unspecified atom stereocenters. The van der Waals surface area contributed by atoms with Crippen molar-refractivity contribution in [2.45, 2.75) is 4.90 Å². The van der Waals surface area contributed by atoms with Crippen LogP contribution in [0.15, 0.2) is 47.4 Å². The lowest BCUT2D eigenvalue weighted by atomic mass is 10.3. The maximum absolute atomic E-state index is 13.4. The van der Waals surface area contributed by atoms with Crippen molar-refractivity contribution in [3.63, 3.8) is 0 Å². The maximum atomic E-state index is 13.4. The van der Waals surface area contributed by atoms with Gasteiger partial charge in [0.15, 0.2) is 18.2 Å². The van der Waals surface area contributed by atoms with Crippen LogP contribution in [-0.2, 0) is 14.8 Å². The van der Waals surface area contributed by atoms with E-state index in [1.54, 1.807) is 24.3 Å². The average Bonchev–Trinajstić information content (AvgIpc) is 2.68. The Morgan fingerprint density at radius 1 is 1.04 bits per heavy atom. The first-order chi connectivity index (χ1) is 13.3. The van der Waals surface area contributed by atoms with Gasteiger partial charge in [-0.2, -0.15) is 4.31 Å². The van der Waals surface area contributed by atoms with Crippen LogP contribution in [0.25, 0.3) is 0 Å². The predicted molar refractivity (Wildman–Crippen MR) is 98.6 cm³/mol. The van der Waals surface area contributed by atoms with E-state index in [1.807, 2.05) is 0 Å². The summed E-state index contributed by atoms with van der Waals surface area (Å²) in [5.41, 5.74) is 0. The Bertz CT molecular complexity index is 979. The lowest BCUT2D eigenvalue weighted by Crippen LogP contribution is -2.51. The van der Waals surface area contributed by atoms with Crippen molar-refractivity contribution >= 4 is 27.5 Å². The molecule has 1 amide bonds. The van der Waals surface area contributed by atoms with Crippen LogP contribution in [0.1, 0.15) is 0 Å². The van der Waals surface area contributed by atoms with Crippen LogP contribution >= 0.6 is 11.6 Å². The lowest BCUT2D eigenvalue weighted by Gasteiger charge is -2.34. The molecule has 1 fully saturated rings. The highest BCUT2D eigenvalue weighted by Crippen LogP contribution is 2.20.